The zero-order chi connectivity index (χ0) is 14.3. The first-order valence-electron chi connectivity index (χ1n) is 5.03. The van der Waals surface area contributed by atoms with Crippen LogP contribution < -0.4 is 11.2 Å². The van der Waals surface area contributed by atoms with Crippen LogP contribution in [0.25, 0.3) is 0 Å². The fraction of sp³-hybridized carbons (Fsp3) is 0.100. The second-order valence-electron chi connectivity index (χ2n) is 3.27. The Balaban J connectivity index is 2.58. The van der Waals surface area contributed by atoms with Crippen LogP contribution in [0.2, 0.25) is 0 Å². The molecule has 0 atom stereocenters. The van der Waals surface area contributed by atoms with Crippen LogP contribution in [0.3, 0.4) is 0 Å². The molecule has 0 aliphatic carbocycles. The van der Waals surface area contributed by atoms with E-state index in [-0.39, 0.29) is 11.6 Å². The summed E-state index contributed by atoms with van der Waals surface area (Å²) < 4.78 is 0. The van der Waals surface area contributed by atoms with Gasteiger partial charge in [-0.3, -0.25) is 14.9 Å². The average Bonchev–Trinajstić information content (AvgIpc) is 2.37. The summed E-state index contributed by atoms with van der Waals surface area (Å²) in [6, 6.07) is 5.69. The molecule has 1 rings (SSSR count). The first-order valence-corrected chi connectivity index (χ1v) is 5.03. The van der Waals surface area contributed by atoms with E-state index in [1.54, 1.807) is 0 Å². The largest absolute Gasteiger partial charge is 0.366 e. The van der Waals surface area contributed by atoms with Crippen molar-refractivity contribution in [2.24, 2.45) is 15.9 Å². The van der Waals surface area contributed by atoms with Gasteiger partial charge in [0, 0.05) is 19.1 Å². The third kappa shape index (κ3) is 5.26. The number of hydrogen-bond donors (Lipinski definition) is 2. The van der Waals surface area contributed by atoms with Crippen LogP contribution in [-0.4, -0.2) is 23.1 Å². The van der Waals surface area contributed by atoms with Crippen molar-refractivity contribution in [2.45, 2.75) is 6.92 Å². The first kappa shape index (κ1) is 14.1. The number of hydrogen-bond acceptors (Lipinski definition) is 6. The maximum absolute atomic E-state index is 10.4. The summed E-state index contributed by atoms with van der Waals surface area (Å²) in [5, 5.41) is 17.5. The monoisotopic (exact) mass is 265 g/mol. The number of nitrogens with two attached hydrogens (primary N) is 1. The van der Waals surface area contributed by atoms with E-state index in [0.29, 0.717) is 5.56 Å². The zero-order valence-corrected chi connectivity index (χ0v) is 9.94. The lowest BCUT2D eigenvalue weighted by Crippen LogP contribution is -2.32. The minimum absolute atomic E-state index is 0.0170. The minimum atomic E-state index is -0.572. The van der Waals surface area contributed by atoms with Gasteiger partial charge >= 0.3 is 5.97 Å². The lowest BCUT2D eigenvalue weighted by Gasteiger charge is -2.00. The van der Waals surface area contributed by atoms with Crippen LogP contribution >= 0.6 is 0 Å². The number of benzene rings is 1. The molecule has 19 heavy (non-hydrogen) atoms. The summed E-state index contributed by atoms with van der Waals surface area (Å²) in [6.07, 6.45) is 1.34. The molecular weight excluding hydrogens is 254 g/mol. The van der Waals surface area contributed by atoms with Crippen LogP contribution in [-0.2, 0) is 9.63 Å². The first-order chi connectivity index (χ1) is 8.99. The van der Waals surface area contributed by atoms with Gasteiger partial charge in [0.25, 0.3) is 5.69 Å². The van der Waals surface area contributed by atoms with E-state index in [9.17, 15) is 14.9 Å². The Kier molecular flexibility index (Phi) is 4.96. The van der Waals surface area contributed by atoms with Crippen LogP contribution in [0, 0.1) is 10.1 Å². The van der Waals surface area contributed by atoms with Crippen molar-refractivity contribution in [3.05, 3.63) is 39.9 Å². The molecule has 100 valence electrons. The Morgan fingerprint density at radius 1 is 1.47 bits per heavy atom. The topological polar surface area (TPSA) is 132 Å². The smallest absolute Gasteiger partial charge is 0.329 e. The Hall–Kier alpha value is -2.97. The van der Waals surface area contributed by atoms with Crippen LogP contribution in [0.1, 0.15) is 12.5 Å². The normalized spacial score (nSPS) is 11.3. The number of nitro groups is 1. The van der Waals surface area contributed by atoms with Gasteiger partial charge in [-0.2, -0.15) is 10.6 Å². The molecule has 0 fully saturated rings. The molecule has 0 aliphatic rings. The van der Waals surface area contributed by atoms with Crippen molar-refractivity contribution in [3.63, 3.8) is 0 Å². The lowest BCUT2D eigenvalue weighted by molar-refractivity contribution is -0.384. The number of nitrogens with one attached hydrogen (secondary N) is 1. The highest BCUT2D eigenvalue weighted by Crippen LogP contribution is 2.10. The number of nitrogens with zero attached hydrogens (tertiary/aromatic N) is 3. The number of non-ortho nitro benzene ring substituents is 1. The highest BCUT2D eigenvalue weighted by Gasteiger charge is 2.02. The van der Waals surface area contributed by atoms with Crippen molar-refractivity contribution in [1.29, 1.82) is 0 Å². The predicted molar refractivity (Wildman–Crippen MR) is 67.2 cm³/mol. The van der Waals surface area contributed by atoms with E-state index in [1.165, 1.54) is 37.4 Å². The van der Waals surface area contributed by atoms with E-state index >= 15 is 0 Å². The summed E-state index contributed by atoms with van der Waals surface area (Å²) >= 11 is 0. The molecule has 0 heterocycles. The van der Waals surface area contributed by atoms with E-state index in [0.717, 1.165) is 0 Å². The molecule has 9 nitrogen and oxygen atoms in total. The van der Waals surface area contributed by atoms with Gasteiger partial charge in [0.05, 0.1) is 11.1 Å². The molecular formula is C10H11N5O4. The van der Waals surface area contributed by atoms with Gasteiger partial charge in [0.1, 0.15) is 0 Å². The Morgan fingerprint density at radius 2 is 2.11 bits per heavy atom. The second kappa shape index (κ2) is 6.69. The molecule has 9 heteroatoms. The quantitative estimate of drug-likeness (QED) is 0.350. The van der Waals surface area contributed by atoms with Crippen molar-refractivity contribution < 1.29 is 14.6 Å². The number of guanidine groups is 1. The molecule has 0 spiro atoms. The summed E-state index contributed by atoms with van der Waals surface area (Å²) in [5.41, 5.74) is 7.97. The number of carbonyl (C=O) groups excluding carboxylic acids is 1. The van der Waals surface area contributed by atoms with Gasteiger partial charge < -0.3 is 10.6 Å². The van der Waals surface area contributed by atoms with Crippen molar-refractivity contribution in [3.8, 4) is 0 Å². The lowest BCUT2D eigenvalue weighted by atomic mass is 10.2. The van der Waals surface area contributed by atoms with Crippen LogP contribution in [0.5, 0.6) is 0 Å². The fourth-order valence-electron chi connectivity index (χ4n) is 0.984. The second-order valence-corrected chi connectivity index (χ2v) is 3.27. The molecule has 0 saturated heterocycles. The number of rotatable bonds is 3. The van der Waals surface area contributed by atoms with Gasteiger partial charge in [-0.05, 0) is 17.7 Å². The SMILES string of the molecule is CC(=O)ONC(N)=NN=Cc1ccc([N+](=O)[O-])cc1. The van der Waals surface area contributed by atoms with Crippen molar-refractivity contribution >= 4 is 23.8 Å². The Labute approximate surface area is 107 Å². The zero-order valence-electron chi connectivity index (χ0n) is 9.94. The van der Waals surface area contributed by atoms with Gasteiger partial charge in [-0.15, -0.1) is 5.10 Å². The summed E-state index contributed by atoms with van der Waals surface area (Å²) in [5.74, 6) is -0.772. The molecule has 0 unspecified atom stereocenters. The average molecular weight is 265 g/mol. The molecule has 0 aromatic heterocycles. The van der Waals surface area contributed by atoms with Crippen LogP contribution in [0.4, 0.5) is 5.69 Å². The Morgan fingerprint density at radius 3 is 2.63 bits per heavy atom. The van der Waals surface area contributed by atoms with E-state index in [2.05, 4.69) is 20.5 Å². The number of hydroxylamine groups is 1. The summed E-state index contributed by atoms with van der Waals surface area (Å²) in [7, 11) is 0. The van der Waals surface area contributed by atoms with Gasteiger partial charge in [0.2, 0.25) is 5.96 Å². The van der Waals surface area contributed by atoms with E-state index in [1.807, 2.05) is 0 Å². The maximum Gasteiger partial charge on any atom is 0.329 e. The number of carbonyl (C=O) groups is 1. The van der Waals surface area contributed by atoms with E-state index < -0.39 is 10.9 Å². The summed E-state index contributed by atoms with van der Waals surface area (Å²) in [4.78, 5) is 24.7. The third-order valence-electron chi connectivity index (χ3n) is 1.78. The fourth-order valence-corrected chi connectivity index (χ4v) is 0.984. The highest BCUT2D eigenvalue weighted by molar-refractivity contribution is 5.82. The van der Waals surface area contributed by atoms with Gasteiger partial charge in [-0.25, -0.2) is 0 Å². The van der Waals surface area contributed by atoms with Crippen LogP contribution in [0.15, 0.2) is 34.5 Å². The molecule has 1 aromatic rings. The molecule has 0 amide bonds. The molecule has 3 N–H and O–H groups in total. The van der Waals surface area contributed by atoms with E-state index in [4.69, 9.17) is 5.73 Å². The van der Waals surface area contributed by atoms with Gasteiger partial charge in [0.15, 0.2) is 0 Å². The van der Waals surface area contributed by atoms with Crippen molar-refractivity contribution in [2.75, 3.05) is 0 Å². The highest BCUT2D eigenvalue weighted by atomic mass is 16.7. The standard InChI is InChI=1S/C10H11N5O4/c1-7(16)19-14-10(11)13-12-6-8-2-4-9(5-3-8)15(17)18/h2-6H,1H3,(H3,11,13,14). The molecule has 0 bridgehead atoms. The Bertz CT molecular complexity index is 523. The maximum atomic E-state index is 10.4. The van der Waals surface area contributed by atoms with Gasteiger partial charge in [-0.1, -0.05) is 0 Å². The van der Waals surface area contributed by atoms with Crippen molar-refractivity contribution in [1.82, 2.24) is 5.48 Å². The minimum Gasteiger partial charge on any atom is -0.366 e. The number of nitro benzene ring substituents is 1. The molecule has 0 saturated carbocycles. The molecule has 1 aromatic carbocycles. The summed E-state index contributed by atoms with van der Waals surface area (Å²) in [6.45, 7) is 1.19. The third-order valence-corrected chi connectivity index (χ3v) is 1.78. The molecule has 0 radical (unpaired) electrons. The predicted octanol–water partition coefficient (Wildman–Crippen LogP) is 0.311. The molecule has 0 aliphatic heterocycles.